The van der Waals surface area contributed by atoms with Crippen LogP contribution in [-0.2, 0) is 26.6 Å². The van der Waals surface area contributed by atoms with E-state index in [1.807, 2.05) is 13.0 Å². The molecule has 7 nitrogen and oxygen atoms in total. The maximum absolute atomic E-state index is 10.6. The van der Waals surface area contributed by atoms with Gasteiger partial charge in [-0.05, 0) is 31.2 Å². The van der Waals surface area contributed by atoms with Crippen LogP contribution in [0.3, 0.4) is 0 Å². The lowest BCUT2D eigenvalue weighted by molar-refractivity contribution is -0.366. The van der Waals surface area contributed by atoms with Gasteiger partial charge in [-0.15, -0.1) is 0 Å². The van der Waals surface area contributed by atoms with Crippen LogP contribution in [0.25, 0.3) is 0 Å². The summed E-state index contributed by atoms with van der Waals surface area (Å²) in [6, 6.07) is 5.11. The molecule has 4 N–H and O–H groups in total. The first-order valence-electron chi connectivity index (χ1n) is 9.09. The summed E-state index contributed by atoms with van der Waals surface area (Å²) in [6.07, 6.45) is 1.26. The molecule has 0 aliphatic carbocycles. The normalized spacial score (nSPS) is 30.5. The Kier molecular flexibility index (Phi) is 8.59. The van der Waals surface area contributed by atoms with E-state index in [1.165, 1.54) is 7.11 Å². The van der Waals surface area contributed by atoms with Gasteiger partial charge in [0.25, 0.3) is 0 Å². The number of halogens is 1. The van der Waals surface area contributed by atoms with E-state index >= 15 is 0 Å². The molecule has 1 aromatic rings. The topological polar surface area (TPSA) is 109 Å². The first-order chi connectivity index (χ1) is 13.8. The van der Waals surface area contributed by atoms with Crippen LogP contribution < -0.4 is 0 Å². The van der Waals surface area contributed by atoms with E-state index in [2.05, 4.69) is 22.5 Å². The molecule has 0 radical (unpaired) electrons. The van der Waals surface area contributed by atoms with Crippen LogP contribution in [0.2, 0.25) is 0 Å². The molecular formula is C21H27BrO7. The second-order valence-electron chi connectivity index (χ2n) is 6.52. The zero-order valence-electron chi connectivity index (χ0n) is 16.4. The molecule has 8 heteroatoms. The van der Waals surface area contributed by atoms with Gasteiger partial charge < -0.3 is 34.6 Å². The molecule has 29 heavy (non-hydrogen) atoms. The summed E-state index contributed by atoms with van der Waals surface area (Å²) in [5, 5.41) is 40.4. The van der Waals surface area contributed by atoms with Gasteiger partial charge in [0.15, 0.2) is 0 Å². The Morgan fingerprint density at radius 3 is 2.62 bits per heavy atom. The summed E-state index contributed by atoms with van der Waals surface area (Å²) in [7, 11) is 1.32. The van der Waals surface area contributed by atoms with Crippen LogP contribution in [0, 0.1) is 0 Å². The lowest BCUT2D eigenvalue weighted by Crippen LogP contribution is -2.64. The molecule has 0 saturated carbocycles. The highest BCUT2D eigenvalue weighted by Gasteiger charge is 2.55. The fraction of sp³-hybridized carbons (Fsp3) is 0.429. The third-order valence-corrected chi connectivity index (χ3v) is 5.55. The van der Waals surface area contributed by atoms with Crippen LogP contribution in [0.5, 0.6) is 0 Å². The first-order valence-corrected chi connectivity index (χ1v) is 9.89. The molecule has 1 fully saturated rings. The van der Waals surface area contributed by atoms with Gasteiger partial charge in [-0.1, -0.05) is 40.7 Å². The zero-order valence-corrected chi connectivity index (χ0v) is 17.9. The molecule has 0 bridgehead atoms. The van der Waals surface area contributed by atoms with Gasteiger partial charge in [-0.2, -0.15) is 0 Å². The van der Waals surface area contributed by atoms with Crippen molar-refractivity contribution in [2.75, 3.05) is 13.7 Å². The van der Waals surface area contributed by atoms with Crippen molar-refractivity contribution < 1.29 is 34.6 Å². The molecular weight excluding hydrogens is 444 g/mol. The van der Waals surface area contributed by atoms with Crippen LogP contribution in [0.4, 0.5) is 0 Å². The van der Waals surface area contributed by atoms with E-state index in [4.69, 9.17) is 14.2 Å². The Morgan fingerprint density at radius 2 is 2.03 bits per heavy atom. The Hall–Kier alpha value is -1.52. The van der Waals surface area contributed by atoms with Crippen molar-refractivity contribution in [3.63, 3.8) is 0 Å². The average Bonchev–Trinajstić information content (AvgIpc) is 2.74. The van der Waals surface area contributed by atoms with Crippen LogP contribution in [-0.4, -0.2) is 58.6 Å². The number of aliphatic hydroxyl groups is 4. The Labute approximate surface area is 178 Å². The molecule has 0 aromatic heterocycles. The highest BCUT2D eigenvalue weighted by molar-refractivity contribution is 9.10. The van der Waals surface area contributed by atoms with Crippen LogP contribution in [0.1, 0.15) is 18.1 Å². The van der Waals surface area contributed by atoms with Crippen molar-refractivity contribution in [3.8, 4) is 0 Å². The SMILES string of the molecule is C=C/C=C\C(=C/C)OCc1cc([C@]2(OC)O[C@H](CO)[C@@H](O)[C@H](O)[C@H]2O)ccc1Br. The third-order valence-electron chi connectivity index (χ3n) is 4.78. The van der Waals surface area contributed by atoms with E-state index < -0.39 is 36.8 Å². The standard InChI is InChI=1S/C21H27BrO7/c1-4-6-7-15(5-2)28-12-13-10-14(8-9-16(13)22)21(27-3)20(26)19(25)18(24)17(11-23)29-21/h4-10,17-20,23-26H,1,11-12H2,2-3H3/b7-6-,15-5+/t17-,18-,19+,20-,21+/m1/s1. The molecule has 160 valence electrons. The van der Waals surface area contributed by atoms with Gasteiger partial charge in [0.2, 0.25) is 5.79 Å². The molecule has 1 saturated heterocycles. The molecule has 1 aliphatic heterocycles. The smallest absolute Gasteiger partial charge is 0.224 e. The van der Waals surface area contributed by atoms with Gasteiger partial charge in [0, 0.05) is 22.7 Å². The Morgan fingerprint density at radius 1 is 1.31 bits per heavy atom. The van der Waals surface area contributed by atoms with Crippen molar-refractivity contribution in [1.82, 2.24) is 0 Å². The molecule has 0 spiro atoms. The number of aliphatic hydroxyl groups excluding tert-OH is 4. The van der Waals surface area contributed by atoms with E-state index in [1.54, 1.807) is 36.4 Å². The number of benzene rings is 1. The lowest BCUT2D eigenvalue weighted by Gasteiger charge is -2.47. The summed E-state index contributed by atoms with van der Waals surface area (Å²) in [5.41, 5.74) is 1.14. The highest BCUT2D eigenvalue weighted by atomic mass is 79.9. The van der Waals surface area contributed by atoms with Crippen LogP contribution in [0.15, 0.2) is 59.3 Å². The zero-order chi connectivity index (χ0) is 21.6. The molecule has 1 aromatic carbocycles. The van der Waals surface area contributed by atoms with Crippen molar-refractivity contribution in [1.29, 1.82) is 0 Å². The minimum atomic E-state index is -1.77. The average molecular weight is 471 g/mol. The fourth-order valence-electron chi connectivity index (χ4n) is 3.12. The molecule has 1 aliphatic rings. The molecule has 0 unspecified atom stereocenters. The summed E-state index contributed by atoms with van der Waals surface area (Å²) in [5.74, 6) is -1.12. The van der Waals surface area contributed by atoms with E-state index in [9.17, 15) is 20.4 Å². The summed E-state index contributed by atoms with van der Waals surface area (Å²) >= 11 is 3.47. The maximum Gasteiger partial charge on any atom is 0.224 e. The maximum atomic E-state index is 10.6. The first kappa shape index (κ1) is 23.8. The predicted octanol–water partition coefficient (Wildman–Crippen LogP) is 1.88. The van der Waals surface area contributed by atoms with Crippen molar-refractivity contribution in [2.45, 2.75) is 43.7 Å². The number of rotatable bonds is 8. The summed E-state index contributed by atoms with van der Waals surface area (Å²) in [6.45, 7) is 5.13. The molecule has 5 atom stereocenters. The minimum absolute atomic E-state index is 0.208. The number of allylic oxidation sites excluding steroid dienone is 4. The summed E-state index contributed by atoms with van der Waals surface area (Å²) in [4.78, 5) is 0. The Bertz CT molecular complexity index is 761. The van der Waals surface area contributed by atoms with E-state index in [-0.39, 0.29) is 6.61 Å². The monoisotopic (exact) mass is 470 g/mol. The number of hydrogen-bond acceptors (Lipinski definition) is 7. The fourth-order valence-corrected chi connectivity index (χ4v) is 3.48. The van der Waals surface area contributed by atoms with Gasteiger partial charge in [-0.25, -0.2) is 0 Å². The van der Waals surface area contributed by atoms with Crippen molar-refractivity contribution in [2.24, 2.45) is 0 Å². The summed E-state index contributed by atoms with van der Waals surface area (Å²) < 4.78 is 17.8. The van der Waals surface area contributed by atoms with Gasteiger partial charge in [-0.3, -0.25) is 0 Å². The van der Waals surface area contributed by atoms with Crippen LogP contribution >= 0.6 is 15.9 Å². The highest BCUT2D eigenvalue weighted by Crippen LogP contribution is 2.40. The van der Waals surface area contributed by atoms with Gasteiger partial charge in [0.05, 0.1) is 6.61 Å². The van der Waals surface area contributed by atoms with Gasteiger partial charge >= 0.3 is 0 Å². The lowest BCUT2D eigenvalue weighted by atomic mass is 9.87. The Balaban J connectivity index is 2.37. The van der Waals surface area contributed by atoms with Crippen molar-refractivity contribution in [3.05, 3.63) is 70.4 Å². The molecule has 0 amide bonds. The third kappa shape index (κ3) is 4.97. The second kappa shape index (κ2) is 10.5. The van der Waals surface area contributed by atoms with E-state index in [0.29, 0.717) is 11.3 Å². The largest absolute Gasteiger partial charge is 0.489 e. The molecule has 1 heterocycles. The quantitative estimate of drug-likeness (QED) is 0.339. The van der Waals surface area contributed by atoms with E-state index in [0.717, 1.165) is 10.0 Å². The van der Waals surface area contributed by atoms with Crippen molar-refractivity contribution >= 4 is 15.9 Å². The minimum Gasteiger partial charge on any atom is -0.489 e. The van der Waals surface area contributed by atoms with Gasteiger partial charge in [0.1, 0.15) is 36.8 Å². The molecule has 2 rings (SSSR count). The second-order valence-corrected chi connectivity index (χ2v) is 7.37. The predicted molar refractivity (Wildman–Crippen MR) is 111 cm³/mol. The number of hydrogen-bond donors (Lipinski definition) is 4. The number of ether oxygens (including phenoxy) is 3. The number of methoxy groups -OCH3 is 1.